The third-order valence-corrected chi connectivity index (χ3v) is 2.94. The zero-order valence-corrected chi connectivity index (χ0v) is 9.30. The molecule has 1 aromatic rings. The Labute approximate surface area is 85.5 Å². The van der Waals surface area contributed by atoms with Crippen molar-refractivity contribution in [2.24, 2.45) is 7.05 Å². The van der Waals surface area contributed by atoms with Crippen LogP contribution in [-0.2, 0) is 19.9 Å². The van der Waals surface area contributed by atoms with Crippen LogP contribution in [0.4, 0.5) is 0 Å². The molecule has 1 aliphatic heterocycles. The molecular weight excluding hydrogens is 174 g/mol. The lowest BCUT2D eigenvalue weighted by Gasteiger charge is -2.04. The normalized spacial score (nSPS) is 16.9. The summed E-state index contributed by atoms with van der Waals surface area (Å²) in [6, 6.07) is 0. The van der Waals surface area contributed by atoms with Crippen molar-refractivity contribution >= 4 is 0 Å². The Hall–Kier alpha value is -0.830. The van der Waals surface area contributed by atoms with Crippen LogP contribution >= 0.6 is 0 Å². The number of rotatable bonds is 1. The average molecular weight is 193 g/mol. The van der Waals surface area contributed by atoms with Gasteiger partial charge >= 0.3 is 0 Å². The summed E-state index contributed by atoms with van der Waals surface area (Å²) in [7, 11) is 2.07. The van der Waals surface area contributed by atoms with Gasteiger partial charge in [0.1, 0.15) is 0 Å². The standard InChI is InChI=1S/C11H19N3/c1-8(2)11-9-4-6-12-7-5-10(9)14(3)13-11/h8,12H,4-7H2,1-3H3. The van der Waals surface area contributed by atoms with E-state index in [2.05, 4.69) is 36.0 Å². The monoisotopic (exact) mass is 193 g/mol. The second kappa shape index (κ2) is 3.73. The van der Waals surface area contributed by atoms with E-state index in [1.54, 1.807) is 0 Å². The van der Waals surface area contributed by atoms with Gasteiger partial charge in [-0.3, -0.25) is 4.68 Å². The van der Waals surface area contributed by atoms with Crippen molar-refractivity contribution in [3.05, 3.63) is 17.0 Å². The van der Waals surface area contributed by atoms with E-state index in [0.717, 1.165) is 25.9 Å². The highest BCUT2D eigenvalue weighted by Crippen LogP contribution is 2.23. The minimum Gasteiger partial charge on any atom is -0.316 e. The van der Waals surface area contributed by atoms with Gasteiger partial charge in [0.25, 0.3) is 0 Å². The quantitative estimate of drug-likeness (QED) is 0.727. The van der Waals surface area contributed by atoms with Crippen LogP contribution in [0.2, 0.25) is 0 Å². The van der Waals surface area contributed by atoms with Gasteiger partial charge in [0.2, 0.25) is 0 Å². The number of hydrogen-bond donors (Lipinski definition) is 1. The van der Waals surface area contributed by atoms with Gasteiger partial charge < -0.3 is 5.32 Å². The van der Waals surface area contributed by atoms with Crippen LogP contribution < -0.4 is 5.32 Å². The molecule has 0 aromatic carbocycles. The van der Waals surface area contributed by atoms with Gasteiger partial charge in [0.15, 0.2) is 0 Å². The summed E-state index contributed by atoms with van der Waals surface area (Å²) in [5.74, 6) is 0.544. The average Bonchev–Trinajstić information content (AvgIpc) is 2.38. The van der Waals surface area contributed by atoms with Gasteiger partial charge in [-0.05, 0) is 24.4 Å². The molecule has 3 nitrogen and oxygen atoms in total. The van der Waals surface area contributed by atoms with Crippen LogP contribution in [0.1, 0.15) is 36.7 Å². The van der Waals surface area contributed by atoms with E-state index in [-0.39, 0.29) is 0 Å². The minimum atomic E-state index is 0.544. The Balaban J connectivity index is 2.44. The van der Waals surface area contributed by atoms with E-state index in [0.29, 0.717) is 5.92 Å². The minimum absolute atomic E-state index is 0.544. The van der Waals surface area contributed by atoms with E-state index in [4.69, 9.17) is 0 Å². The summed E-state index contributed by atoms with van der Waals surface area (Å²) in [6.07, 6.45) is 2.25. The molecule has 0 unspecified atom stereocenters. The molecular formula is C11H19N3. The van der Waals surface area contributed by atoms with Crippen LogP contribution in [0.3, 0.4) is 0 Å². The molecule has 0 fully saturated rings. The third-order valence-electron chi connectivity index (χ3n) is 2.94. The Bertz CT molecular complexity index is 326. The molecule has 78 valence electrons. The van der Waals surface area contributed by atoms with Crippen molar-refractivity contribution in [2.75, 3.05) is 13.1 Å². The summed E-state index contributed by atoms with van der Waals surface area (Å²) in [6.45, 7) is 6.63. The van der Waals surface area contributed by atoms with Gasteiger partial charge in [-0.15, -0.1) is 0 Å². The first-order valence-corrected chi connectivity index (χ1v) is 5.45. The highest BCUT2D eigenvalue weighted by molar-refractivity contribution is 5.30. The molecule has 1 aromatic heterocycles. The molecule has 0 aliphatic carbocycles. The van der Waals surface area contributed by atoms with Crippen molar-refractivity contribution < 1.29 is 0 Å². The molecule has 1 N–H and O–H groups in total. The second-order valence-corrected chi connectivity index (χ2v) is 4.34. The number of aromatic nitrogens is 2. The first-order valence-electron chi connectivity index (χ1n) is 5.45. The highest BCUT2D eigenvalue weighted by atomic mass is 15.3. The van der Waals surface area contributed by atoms with Crippen molar-refractivity contribution in [3.63, 3.8) is 0 Å². The lowest BCUT2D eigenvalue weighted by Crippen LogP contribution is -2.17. The zero-order valence-electron chi connectivity index (χ0n) is 9.30. The van der Waals surface area contributed by atoms with Gasteiger partial charge in [0.05, 0.1) is 5.69 Å². The van der Waals surface area contributed by atoms with Crippen LogP contribution in [0.25, 0.3) is 0 Å². The SMILES string of the molecule is CC(C)c1nn(C)c2c1CCNCC2. The topological polar surface area (TPSA) is 29.9 Å². The van der Waals surface area contributed by atoms with E-state index in [1.807, 2.05) is 0 Å². The predicted molar refractivity (Wildman–Crippen MR) is 57.6 cm³/mol. The molecule has 2 heterocycles. The largest absolute Gasteiger partial charge is 0.316 e. The van der Waals surface area contributed by atoms with Gasteiger partial charge in [-0.2, -0.15) is 5.10 Å². The Morgan fingerprint density at radius 2 is 2.00 bits per heavy atom. The van der Waals surface area contributed by atoms with E-state index in [9.17, 15) is 0 Å². The summed E-state index contributed by atoms with van der Waals surface area (Å²) in [5.41, 5.74) is 4.22. The van der Waals surface area contributed by atoms with E-state index < -0.39 is 0 Å². The smallest absolute Gasteiger partial charge is 0.0685 e. The molecule has 3 heteroatoms. The van der Waals surface area contributed by atoms with Gasteiger partial charge in [-0.25, -0.2) is 0 Å². The molecule has 1 aliphatic rings. The number of aryl methyl sites for hydroxylation is 1. The number of nitrogens with zero attached hydrogens (tertiary/aromatic N) is 2. The predicted octanol–water partition coefficient (Wildman–Crippen LogP) is 1.23. The number of hydrogen-bond acceptors (Lipinski definition) is 2. The fraction of sp³-hybridized carbons (Fsp3) is 0.727. The molecule has 0 saturated heterocycles. The fourth-order valence-electron chi connectivity index (χ4n) is 2.22. The van der Waals surface area contributed by atoms with Crippen LogP contribution in [0, 0.1) is 0 Å². The van der Waals surface area contributed by atoms with Gasteiger partial charge in [-0.1, -0.05) is 13.8 Å². The second-order valence-electron chi connectivity index (χ2n) is 4.34. The molecule has 2 rings (SSSR count). The molecule has 0 saturated carbocycles. The van der Waals surface area contributed by atoms with Gasteiger partial charge in [0, 0.05) is 25.7 Å². The summed E-state index contributed by atoms with van der Waals surface area (Å²) in [5, 5.41) is 8.05. The summed E-state index contributed by atoms with van der Waals surface area (Å²) in [4.78, 5) is 0. The molecule has 0 radical (unpaired) electrons. The molecule has 0 atom stereocenters. The lowest BCUT2D eigenvalue weighted by molar-refractivity contribution is 0.647. The maximum absolute atomic E-state index is 4.62. The lowest BCUT2D eigenvalue weighted by atomic mass is 10.0. The zero-order chi connectivity index (χ0) is 10.1. The van der Waals surface area contributed by atoms with Crippen LogP contribution in [-0.4, -0.2) is 22.9 Å². The fourth-order valence-corrected chi connectivity index (χ4v) is 2.22. The first kappa shape index (κ1) is 9.71. The third kappa shape index (κ3) is 1.57. The summed E-state index contributed by atoms with van der Waals surface area (Å²) < 4.78 is 2.07. The molecule has 0 spiro atoms. The van der Waals surface area contributed by atoms with Crippen LogP contribution in [0.5, 0.6) is 0 Å². The van der Waals surface area contributed by atoms with Crippen LogP contribution in [0.15, 0.2) is 0 Å². The van der Waals surface area contributed by atoms with Crippen molar-refractivity contribution in [3.8, 4) is 0 Å². The highest BCUT2D eigenvalue weighted by Gasteiger charge is 2.19. The summed E-state index contributed by atoms with van der Waals surface area (Å²) >= 11 is 0. The maximum Gasteiger partial charge on any atom is 0.0685 e. The van der Waals surface area contributed by atoms with Crippen molar-refractivity contribution in [1.82, 2.24) is 15.1 Å². The Morgan fingerprint density at radius 1 is 1.29 bits per heavy atom. The molecule has 0 bridgehead atoms. The Kier molecular flexibility index (Phi) is 2.59. The maximum atomic E-state index is 4.62. The number of nitrogens with one attached hydrogen (secondary N) is 1. The van der Waals surface area contributed by atoms with E-state index >= 15 is 0 Å². The van der Waals surface area contributed by atoms with E-state index in [1.165, 1.54) is 17.0 Å². The Morgan fingerprint density at radius 3 is 2.71 bits per heavy atom. The van der Waals surface area contributed by atoms with Crippen molar-refractivity contribution in [1.29, 1.82) is 0 Å². The molecule has 14 heavy (non-hydrogen) atoms. The molecule has 0 amide bonds. The number of fused-ring (bicyclic) bond motifs is 1. The van der Waals surface area contributed by atoms with Crippen molar-refractivity contribution in [2.45, 2.75) is 32.6 Å². The first-order chi connectivity index (χ1) is 6.70.